The Morgan fingerprint density at radius 2 is 1.78 bits per heavy atom. The molecule has 1 saturated heterocycles. The second kappa shape index (κ2) is 5.43. The molecule has 1 aliphatic heterocycles. The summed E-state index contributed by atoms with van der Waals surface area (Å²) in [5.74, 6) is 0.388. The van der Waals surface area contributed by atoms with Crippen molar-refractivity contribution >= 4 is 63.2 Å². The fourth-order valence-electron chi connectivity index (χ4n) is 1.51. The largest absolute Gasteiger partial charge is 0.495 e. The van der Waals surface area contributed by atoms with E-state index in [4.69, 9.17) is 4.74 Å². The number of methoxy groups -OCH3 is 1. The lowest BCUT2D eigenvalue weighted by Gasteiger charge is -2.07. The van der Waals surface area contributed by atoms with Crippen molar-refractivity contribution in [2.24, 2.45) is 0 Å². The van der Waals surface area contributed by atoms with E-state index in [9.17, 15) is 9.59 Å². The van der Waals surface area contributed by atoms with Gasteiger partial charge in [0, 0.05) is 0 Å². The molecule has 1 aliphatic rings. The number of nitrogens with one attached hydrogen (secondary N) is 2. The number of ether oxygens (including phenoxy) is 1. The van der Waals surface area contributed by atoms with Crippen LogP contribution >= 0.6 is 45.2 Å². The molecule has 0 aliphatic carbocycles. The second-order valence-electron chi connectivity index (χ2n) is 3.48. The smallest absolute Gasteiger partial charge is 0.326 e. The molecule has 1 aromatic rings. The Balaban J connectivity index is 2.39. The summed E-state index contributed by atoms with van der Waals surface area (Å²) in [5.41, 5.74) is 1.08. The first-order valence-corrected chi connectivity index (χ1v) is 7.04. The van der Waals surface area contributed by atoms with Gasteiger partial charge in [-0.05, 0) is 69.0 Å². The van der Waals surface area contributed by atoms with Gasteiger partial charge in [-0.2, -0.15) is 0 Å². The predicted octanol–water partition coefficient (Wildman–Crippen LogP) is 2.08. The molecule has 1 heterocycles. The summed E-state index contributed by atoms with van der Waals surface area (Å²) in [6.45, 7) is 0. The van der Waals surface area contributed by atoms with Crippen molar-refractivity contribution in [3.05, 3.63) is 30.5 Å². The van der Waals surface area contributed by atoms with Crippen LogP contribution in [0.25, 0.3) is 6.08 Å². The van der Waals surface area contributed by atoms with Crippen molar-refractivity contribution in [2.45, 2.75) is 0 Å². The highest BCUT2D eigenvalue weighted by Crippen LogP contribution is 2.29. The van der Waals surface area contributed by atoms with Crippen molar-refractivity contribution in [1.29, 1.82) is 0 Å². The highest BCUT2D eigenvalue weighted by molar-refractivity contribution is 14.1. The number of carbonyl (C=O) groups is 2. The lowest BCUT2D eigenvalue weighted by molar-refractivity contribution is -0.115. The maximum absolute atomic E-state index is 11.4. The van der Waals surface area contributed by atoms with Crippen LogP contribution in [0.2, 0.25) is 0 Å². The maximum Gasteiger partial charge on any atom is 0.326 e. The Morgan fingerprint density at radius 1 is 1.17 bits per heavy atom. The van der Waals surface area contributed by atoms with Crippen LogP contribution in [-0.2, 0) is 4.79 Å². The molecule has 5 nitrogen and oxygen atoms in total. The zero-order valence-corrected chi connectivity index (χ0v) is 13.5. The van der Waals surface area contributed by atoms with Crippen LogP contribution in [0.3, 0.4) is 0 Å². The summed E-state index contributed by atoms with van der Waals surface area (Å²) in [6, 6.07) is 3.27. The summed E-state index contributed by atoms with van der Waals surface area (Å²) in [4.78, 5) is 22.4. The number of halogens is 2. The molecule has 3 amide bonds. The first kappa shape index (κ1) is 13.6. The lowest BCUT2D eigenvalue weighted by atomic mass is 10.2. The van der Waals surface area contributed by atoms with E-state index >= 15 is 0 Å². The summed E-state index contributed by atoms with van der Waals surface area (Å²) in [5, 5.41) is 4.60. The van der Waals surface area contributed by atoms with E-state index in [-0.39, 0.29) is 5.70 Å². The van der Waals surface area contributed by atoms with Crippen LogP contribution < -0.4 is 15.4 Å². The second-order valence-corrected chi connectivity index (χ2v) is 5.81. The van der Waals surface area contributed by atoms with E-state index in [1.54, 1.807) is 13.2 Å². The van der Waals surface area contributed by atoms with E-state index in [1.807, 2.05) is 12.1 Å². The average molecular weight is 470 g/mol. The molecule has 2 rings (SSSR count). The van der Waals surface area contributed by atoms with Gasteiger partial charge in [0.15, 0.2) is 0 Å². The molecule has 0 radical (unpaired) electrons. The number of rotatable bonds is 2. The van der Waals surface area contributed by atoms with Crippen LogP contribution in [0.5, 0.6) is 5.75 Å². The predicted molar refractivity (Wildman–Crippen MR) is 83.1 cm³/mol. The molecule has 7 heteroatoms. The van der Waals surface area contributed by atoms with Gasteiger partial charge in [-0.25, -0.2) is 4.79 Å². The van der Waals surface area contributed by atoms with Gasteiger partial charge < -0.3 is 10.1 Å². The van der Waals surface area contributed by atoms with Gasteiger partial charge in [0.25, 0.3) is 5.91 Å². The third-order valence-electron chi connectivity index (χ3n) is 2.26. The van der Waals surface area contributed by atoms with E-state index < -0.39 is 11.9 Å². The Morgan fingerprint density at radius 3 is 2.22 bits per heavy atom. The van der Waals surface area contributed by atoms with Crippen molar-refractivity contribution in [3.63, 3.8) is 0 Å². The fourth-order valence-corrected chi connectivity index (χ4v) is 3.76. The molecular formula is C11H8I2N2O3. The van der Waals surface area contributed by atoms with Gasteiger partial charge >= 0.3 is 6.03 Å². The average Bonchev–Trinajstić information content (AvgIpc) is 2.57. The van der Waals surface area contributed by atoms with E-state index in [0.29, 0.717) is 0 Å². The van der Waals surface area contributed by atoms with Crippen LogP contribution in [0.4, 0.5) is 4.79 Å². The minimum atomic E-state index is -0.496. The molecule has 0 aromatic heterocycles. The summed E-state index contributed by atoms with van der Waals surface area (Å²) in [6.07, 6.45) is 1.63. The van der Waals surface area contributed by atoms with Crippen LogP contribution in [-0.4, -0.2) is 19.0 Å². The molecule has 0 atom stereocenters. The van der Waals surface area contributed by atoms with Crippen LogP contribution in [0.15, 0.2) is 17.8 Å². The molecule has 0 saturated carbocycles. The third-order valence-corrected chi connectivity index (χ3v) is 3.86. The highest BCUT2D eigenvalue weighted by atomic mass is 127. The molecule has 0 unspecified atom stereocenters. The van der Waals surface area contributed by atoms with Gasteiger partial charge in [-0.15, -0.1) is 0 Å². The summed E-state index contributed by atoms with van der Waals surface area (Å²) < 4.78 is 7.14. The van der Waals surface area contributed by atoms with Crippen molar-refractivity contribution in [3.8, 4) is 5.75 Å². The van der Waals surface area contributed by atoms with Gasteiger partial charge in [-0.1, -0.05) is 0 Å². The topological polar surface area (TPSA) is 67.4 Å². The number of hydrogen-bond donors (Lipinski definition) is 2. The number of imide groups is 1. The van der Waals surface area contributed by atoms with Gasteiger partial charge in [0.05, 0.1) is 14.3 Å². The SMILES string of the molecule is COc1c(I)cc(/C=C2/NC(=O)NC2=O)cc1I. The van der Waals surface area contributed by atoms with Gasteiger partial charge in [0.1, 0.15) is 11.4 Å². The minimum Gasteiger partial charge on any atom is -0.495 e. The first-order chi connectivity index (χ1) is 8.51. The monoisotopic (exact) mass is 470 g/mol. The van der Waals surface area contributed by atoms with E-state index in [0.717, 1.165) is 18.5 Å². The zero-order chi connectivity index (χ0) is 13.3. The molecule has 18 heavy (non-hydrogen) atoms. The lowest BCUT2D eigenvalue weighted by Crippen LogP contribution is -2.22. The normalized spacial score (nSPS) is 16.7. The summed E-state index contributed by atoms with van der Waals surface area (Å²) >= 11 is 4.32. The van der Waals surface area contributed by atoms with Crippen molar-refractivity contribution < 1.29 is 14.3 Å². The van der Waals surface area contributed by atoms with Gasteiger partial charge in [0.2, 0.25) is 0 Å². The fraction of sp³-hybridized carbons (Fsp3) is 0.0909. The molecule has 94 valence electrons. The molecule has 2 N–H and O–H groups in total. The molecule has 1 aromatic carbocycles. The Hall–Kier alpha value is -0.840. The number of carbonyl (C=O) groups excluding carboxylic acids is 2. The molecule has 0 bridgehead atoms. The number of benzene rings is 1. The Bertz CT molecular complexity index is 546. The number of urea groups is 1. The quantitative estimate of drug-likeness (QED) is 0.396. The third kappa shape index (κ3) is 2.76. The minimum absolute atomic E-state index is 0.247. The number of hydrogen-bond acceptors (Lipinski definition) is 3. The molecule has 0 spiro atoms. The first-order valence-electron chi connectivity index (χ1n) is 4.88. The standard InChI is InChI=1S/C11H8I2N2O3/c1-18-9-6(12)2-5(3-7(9)13)4-8-10(16)15-11(17)14-8/h2-4H,1H3,(H2,14,15,16,17)/b8-4+. The Labute approximate surface area is 131 Å². The van der Waals surface area contributed by atoms with Crippen molar-refractivity contribution in [1.82, 2.24) is 10.6 Å². The Kier molecular flexibility index (Phi) is 4.10. The molecule has 1 fully saturated rings. The number of amides is 3. The zero-order valence-electron chi connectivity index (χ0n) is 9.21. The summed E-state index contributed by atoms with van der Waals surface area (Å²) in [7, 11) is 1.61. The van der Waals surface area contributed by atoms with E-state index in [2.05, 4.69) is 55.8 Å². The van der Waals surface area contributed by atoms with Crippen LogP contribution in [0, 0.1) is 7.14 Å². The maximum atomic E-state index is 11.4. The van der Waals surface area contributed by atoms with Gasteiger partial charge in [-0.3, -0.25) is 10.1 Å². The van der Waals surface area contributed by atoms with E-state index in [1.165, 1.54) is 0 Å². The van der Waals surface area contributed by atoms with Crippen molar-refractivity contribution in [2.75, 3.05) is 7.11 Å². The van der Waals surface area contributed by atoms with Crippen LogP contribution in [0.1, 0.15) is 5.56 Å². The highest BCUT2D eigenvalue weighted by Gasteiger charge is 2.22. The molecular weight excluding hydrogens is 462 g/mol.